The zero-order chi connectivity index (χ0) is 20.8. The Morgan fingerprint density at radius 2 is 1.93 bits per heavy atom. The Bertz CT molecular complexity index is 1070. The topological polar surface area (TPSA) is 83.7 Å². The van der Waals surface area contributed by atoms with Crippen LogP contribution in [0.15, 0.2) is 59.4 Å². The van der Waals surface area contributed by atoms with Crippen LogP contribution in [0.4, 0.5) is 0 Å². The molecule has 0 unspecified atom stereocenters. The minimum absolute atomic E-state index is 0.103. The molecule has 1 saturated heterocycles. The number of carbonyl (C=O) groups is 1. The van der Waals surface area contributed by atoms with E-state index in [1.807, 2.05) is 48.5 Å². The number of ether oxygens (including phenoxy) is 2. The molecule has 1 fully saturated rings. The van der Waals surface area contributed by atoms with E-state index in [-0.39, 0.29) is 5.56 Å². The maximum absolute atomic E-state index is 12.5. The number of aromatic nitrogens is 1. The second-order valence-electron chi connectivity index (χ2n) is 7.23. The quantitative estimate of drug-likeness (QED) is 0.627. The summed E-state index contributed by atoms with van der Waals surface area (Å²) >= 11 is 0. The number of H-pyrrole nitrogens is 1. The lowest BCUT2D eigenvalue weighted by molar-refractivity contribution is 0.0322. The summed E-state index contributed by atoms with van der Waals surface area (Å²) in [6.45, 7) is 5.18. The number of hydrogen-bond acceptors (Lipinski definition) is 5. The van der Waals surface area contributed by atoms with Crippen LogP contribution in [0.2, 0.25) is 0 Å². The summed E-state index contributed by atoms with van der Waals surface area (Å²) in [5.74, 6) is 0.360. The SMILES string of the molecule is O=C(NCc1cccc(OCCN2CCOCC2)c1)c1cc2ccccc2[nH]c1=O. The zero-order valence-corrected chi connectivity index (χ0v) is 16.7. The van der Waals surface area contributed by atoms with Crippen molar-refractivity contribution in [1.29, 1.82) is 0 Å². The molecule has 0 saturated carbocycles. The number of rotatable bonds is 7. The van der Waals surface area contributed by atoms with E-state index in [9.17, 15) is 9.59 Å². The van der Waals surface area contributed by atoms with Gasteiger partial charge in [0.05, 0.1) is 13.2 Å². The first-order valence-corrected chi connectivity index (χ1v) is 10.1. The monoisotopic (exact) mass is 407 g/mol. The van der Waals surface area contributed by atoms with Crippen LogP contribution in [0.25, 0.3) is 10.9 Å². The van der Waals surface area contributed by atoms with Gasteiger partial charge < -0.3 is 19.8 Å². The number of fused-ring (bicyclic) bond motifs is 1. The normalized spacial score (nSPS) is 14.5. The van der Waals surface area contributed by atoms with Crippen LogP contribution in [0, 0.1) is 0 Å². The molecule has 7 nitrogen and oxygen atoms in total. The number of pyridine rings is 1. The van der Waals surface area contributed by atoms with Crippen molar-refractivity contribution in [1.82, 2.24) is 15.2 Å². The van der Waals surface area contributed by atoms with Gasteiger partial charge in [0.25, 0.3) is 11.5 Å². The van der Waals surface area contributed by atoms with E-state index >= 15 is 0 Å². The van der Waals surface area contributed by atoms with Crippen molar-refractivity contribution < 1.29 is 14.3 Å². The fourth-order valence-corrected chi connectivity index (χ4v) is 3.46. The highest BCUT2D eigenvalue weighted by Gasteiger charge is 2.12. The van der Waals surface area contributed by atoms with Gasteiger partial charge >= 0.3 is 0 Å². The van der Waals surface area contributed by atoms with E-state index in [0.29, 0.717) is 18.7 Å². The van der Waals surface area contributed by atoms with Crippen LogP contribution in [0.3, 0.4) is 0 Å². The summed E-state index contributed by atoms with van der Waals surface area (Å²) in [4.78, 5) is 29.8. The molecule has 0 atom stereocenters. The Morgan fingerprint density at radius 3 is 2.80 bits per heavy atom. The number of aromatic amines is 1. The van der Waals surface area contributed by atoms with E-state index in [0.717, 1.165) is 49.5 Å². The van der Waals surface area contributed by atoms with Gasteiger partial charge in [-0.2, -0.15) is 0 Å². The zero-order valence-electron chi connectivity index (χ0n) is 16.7. The van der Waals surface area contributed by atoms with Crippen molar-refractivity contribution in [2.45, 2.75) is 6.54 Å². The molecule has 7 heteroatoms. The number of nitrogens with one attached hydrogen (secondary N) is 2. The van der Waals surface area contributed by atoms with Gasteiger partial charge in [-0.3, -0.25) is 14.5 Å². The van der Waals surface area contributed by atoms with Gasteiger partial charge in [-0.1, -0.05) is 30.3 Å². The van der Waals surface area contributed by atoms with Crippen molar-refractivity contribution in [3.05, 3.63) is 76.1 Å². The van der Waals surface area contributed by atoms with Crippen LogP contribution in [-0.2, 0) is 11.3 Å². The molecule has 30 heavy (non-hydrogen) atoms. The van der Waals surface area contributed by atoms with E-state index in [4.69, 9.17) is 9.47 Å². The molecule has 1 aliphatic rings. The van der Waals surface area contributed by atoms with Gasteiger partial charge in [-0.25, -0.2) is 0 Å². The second kappa shape index (κ2) is 9.56. The van der Waals surface area contributed by atoms with Gasteiger partial charge in [-0.15, -0.1) is 0 Å². The third kappa shape index (κ3) is 5.06. The van der Waals surface area contributed by atoms with Gasteiger partial charge in [0.15, 0.2) is 0 Å². The number of nitrogens with zero attached hydrogens (tertiary/aromatic N) is 1. The Morgan fingerprint density at radius 1 is 1.10 bits per heavy atom. The highest BCUT2D eigenvalue weighted by atomic mass is 16.5. The summed E-state index contributed by atoms with van der Waals surface area (Å²) in [5.41, 5.74) is 1.32. The van der Waals surface area contributed by atoms with E-state index < -0.39 is 11.5 Å². The summed E-state index contributed by atoms with van der Waals surface area (Å²) in [5, 5.41) is 3.64. The summed E-state index contributed by atoms with van der Waals surface area (Å²) in [6.07, 6.45) is 0. The molecule has 0 radical (unpaired) electrons. The molecule has 0 bridgehead atoms. The van der Waals surface area contributed by atoms with E-state index in [2.05, 4.69) is 15.2 Å². The first-order chi connectivity index (χ1) is 14.7. The van der Waals surface area contributed by atoms with Crippen LogP contribution in [-0.4, -0.2) is 55.2 Å². The number of morpholine rings is 1. The van der Waals surface area contributed by atoms with Gasteiger partial charge in [0, 0.05) is 31.7 Å². The Hall–Kier alpha value is -3.16. The van der Waals surface area contributed by atoms with Crippen molar-refractivity contribution in [2.75, 3.05) is 39.5 Å². The molecule has 2 heterocycles. The summed E-state index contributed by atoms with van der Waals surface area (Å²) in [6, 6.07) is 16.6. The molecule has 2 N–H and O–H groups in total. The third-order valence-electron chi connectivity index (χ3n) is 5.13. The van der Waals surface area contributed by atoms with Crippen LogP contribution >= 0.6 is 0 Å². The molecular formula is C23H25N3O4. The predicted molar refractivity (Wildman–Crippen MR) is 115 cm³/mol. The van der Waals surface area contributed by atoms with Crippen molar-refractivity contribution in [3.8, 4) is 5.75 Å². The predicted octanol–water partition coefficient (Wildman–Crippen LogP) is 2.17. The molecule has 0 spiro atoms. The largest absolute Gasteiger partial charge is 0.492 e. The first kappa shape index (κ1) is 20.1. The molecule has 2 aromatic carbocycles. The Labute approximate surface area is 174 Å². The number of carbonyl (C=O) groups excluding carboxylic acids is 1. The molecule has 1 aliphatic heterocycles. The number of benzene rings is 2. The van der Waals surface area contributed by atoms with Crippen LogP contribution in [0.1, 0.15) is 15.9 Å². The lowest BCUT2D eigenvalue weighted by Gasteiger charge is -2.26. The molecule has 3 aromatic rings. The smallest absolute Gasteiger partial charge is 0.261 e. The third-order valence-corrected chi connectivity index (χ3v) is 5.13. The number of hydrogen-bond donors (Lipinski definition) is 2. The van der Waals surface area contributed by atoms with Crippen LogP contribution < -0.4 is 15.6 Å². The Balaban J connectivity index is 1.33. The lowest BCUT2D eigenvalue weighted by atomic mass is 10.1. The van der Waals surface area contributed by atoms with Crippen molar-refractivity contribution >= 4 is 16.8 Å². The number of para-hydroxylation sites is 1. The summed E-state index contributed by atoms with van der Waals surface area (Å²) in [7, 11) is 0. The standard InChI is InChI=1S/C23H25N3O4/c27-22(20-15-18-5-1-2-7-21(18)25-23(20)28)24-16-17-4-3-6-19(14-17)30-13-10-26-8-11-29-12-9-26/h1-7,14-15H,8-13,16H2,(H,24,27)(H,25,28). The highest BCUT2D eigenvalue weighted by molar-refractivity contribution is 5.97. The van der Waals surface area contributed by atoms with Crippen molar-refractivity contribution in [2.24, 2.45) is 0 Å². The first-order valence-electron chi connectivity index (χ1n) is 10.1. The molecule has 1 aromatic heterocycles. The molecule has 4 rings (SSSR count). The van der Waals surface area contributed by atoms with Crippen molar-refractivity contribution in [3.63, 3.8) is 0 Å². The van der Waals surface area contributed by atoms with Gasteiger partial charge in [0.1, 0.15) is 17.9 Å². The van der Waals surface area contributed by atoms with Crippen LogP contribution in [0.5, 0.6) is 5.75 Å². The minimum atomic E-state index is -0.402. The average Bonchev–Trinajstić information content (AvgIpc) is 2.78. The fourth-order valence-electron chi connectivity index (χ4n) is 3.46. The van der Waals surface area contributed by atoms with E-state index in [1.165, 1.54) is 0 Å². The van der Waals surface area contributed by atoms with Gasteiger partial charge in [0.2, 0.25) is 0 Å². The fraction of sp³-hybridized carbons (Fsp3) is 0.304. The van der Waals surface area contributed by atoms with E-state index in [1.54, 1.807) is 6.07 Å². The second-order valence-corrected chi connectivity index (χ2v) is 7.23. The highest BCUT2D eigenvalue weighted by Crippen LogP contribution is 2.14. The Kier molecular flexibility index (Phi) is 6.41. The summed E-state index contributed by atoms with van der Waals surface area (Å²) < 4.78 is 11.2. The maximum Gasteiger partial charge on any atom is 0.261 e. The molecular weight excluding hydrogens is 382 g/mol. The minimum Gasteiger partial charge on any atom is -0.492 e. The average molecular weight is 407 g/mol. The molecule has 0 aliphatic carbocycles. The molecule has 1 amide bonds. The molecule has 156 valence electrons. The number of amides is 1. The maximum atomic E-state index is 12.5. The van der Waals surface area contributed by atoms with Gasteiger partial charge in [-0.05, 0) is 35.2 Å². The lowest BCUT2D eigenvalue weighted by Crippen LogP contribution is -2.38.